The molecule has 0 amide bonds. The molecule has 0 bridgehead atoms. The summed E-state index contributed by atoms with van der Waals surface area (Å²) in [6.45, 7) is 10.2. The topological polar surface area (TPSA) is 95.2 Å². The molecule has 0 aliphatic rings. The fourth-order valence-electron chi connectivity index (χ4n) is 3.24. The van der Waals surface area contributed by atoms with Crippen LogP contribution in [-0.2, 0) is 5.54 Å². The minimum atomic E-state index is -1.29. The zero-order chi connectivity index (χ0) is 17.6. The molecule has 7 heteroatoms. The van der Waals surface area contributed by atoms with E-state index in [1.807, 2.05) is 13.8 Å². The Balaban J connectivity index is 0.00000288. The van der Waals surface area contributed by atoms with E-state index in [4.69, 9.17) is 0 Å². The molecular formula is C17H21N2NaO4. The Labute approximate surface area is 162 Å². The van der Waals surface area contributed by atoms with Crippen LogP contribution in [-0.4, -0.2) is 20.6 Å². The van der Waals surface area contributed by atoms with Crippen LogP contribution < -0.4 is 40.1 Å². The zero-order valence-electron chi connectivity index (χ0n) is 15.0. The third kappa shape index (κ3) is 4.18. The molecule has 6 nitrogen and oxygen atoms in total. The SMILES string of the molecule is CC(C)(C)CC(C)(C)n1cc(C(=O)O)c(=O)c2cnc([O-])cc21.[Na+]. The summed E-state index contributed by atoms with van der Waals surface area (Å²) in [5.74, 6) is -1.75. The first kappa shape index (κ1) is 20.7. The van der Waals surface area contributed by atoms with Gasteiger partial charge in [0, 0.05) is 17.9 Å². The van der Waals surface area contributed by atoms with E-state index in [0.29, 0.717) is 5.52 Å². The maximum atomic E-state index is 12.3. The average Bonchev–Trinajstić information content (AvgIpc) is 2.35. The molecule has 0 atom stereocenters. The number of carbonyl (C=O) groups is 1. The summed E-state index contributed by atoms with van der Waals surface area (Å²) in [6.07, 6.45) is 3.22. The fourth-order valence-corrected chi connectivity index (χ4v) is 3.24. The maximum Gasteiger partial charge on any atom is 1.00 e. The second-order valence-corrected chi connectivity index (χ2v) is 7.64. The van der Waals surface area contributed by atoms with Crippen molar-refractivity contribution in [2.45, 2.75) is 46.6 Å². The van der Waals surface area contributed by atoms with E-state index in [9.17, 15) is 19.8 Å². The van der Waals surface area contributed by atoms with Crippen LogP contribution in [0.2, 0.25) is 0 Å². The monoisotopic (exact) mass is 340 g/mol. The van der Waals surface area contributed by atoms with Crippen LogP contribution in [0.3, 0.4) is 0 Å². The molecule has 1 N–H and O–H groups in total. The van der Waals surface area contributed by atoms with Crippen LogP contribution in [0.5, 0.6) is 5.88 Å². The molecule has 0 saturated heterocycles. The van der Waals surface area contributed by atoms with E-state index in [-0.39, 0.29) is 45.9 Å². The van der Waals surface area contributed by atoms with Gasteiger partial charge in [-0.3, -0.25) is 9.78 Å². The summed E-state index contributed by atoms with van der Waals surface area (Å²) in [5, 5.41) is 21.1. The van der Waals surface area contributed by atoms with Gasteiger partial charge in [-0.1, -0.05) is 20.8 Å². The Hall–Kier alpha value is -1.37. The summed E-state index contributed by atoms with van der Waals surface area (Å²) >= 11 is 0. The molecule has 0 aliphatic carbocycles. The van der Waals surface area contributed by atoms with Crippen LogP contribution in [0.4, 0.5) is 0 Å². The Morgan fingerprint density at radius 1 is 1.29 bits per heavy atom. The number of aromatic nitrogens is 2. The number of hydrogen-bond acceptors (Lipinski definition) is 4. The van der Waals surface area contributed by atoms with Crippen molar-refractivity contribution in [3.63, 3.8) is 0 Å². The third-order valence-electron chi connectivity index (χ3n) is 3.71. The van der Waals surface area contributed by atoms with Crippen LogP contribution in [0.15, 0.2) is 23.3 Å². The predicted molar refractivity (Wildman–Crippen MR) is 85.8 cm³/mol. The predicted octanol–water partition coefficient (Wildman–Crippen LogP) is -0.656. The Kier molecular flexibility index (Phi) is 5.91. The number of nitrogens with zero attached hydrogens (tertiary/aromatic N) is 2. The van der Waals surface area contributed by atoms with Crippen LogP contribution in [0, 0.1) is 5.41 Å². The summed E-state index contributed by atoms with van der Waals surface area (Å²) in [6, 6.07) is 1.28. The number of pyridine rings is 2. The van der Waals surface area contributed by atoms with Crippen molar-refractivity contribution < 1.29 is 44.6 Å². The van der Waals surface area contributed by atoms with Gasteiger partial charge in [-0.25, -0.2) is 4.79 Å². The minimum absolute atomic E-state index is 0. The quantitative estimate of drug-likeness (QED) is 0.749. The number of rotatable bonds is 3. The molecule has 0 aliphatic heterocycles. The van der Waals surface area contributed by atoms with E-state index in [2.05, 4.69) is 25.8 Å². The van der Waals surface area contributed by atoms with Crippen LogP contribution in [0.1, 0.15) is 51.4 Å². The Bertz CT molecular complexity index is 835. The summed E-state index contributed by atoms with van der Waals surface area (Å²) in [7, 11) is 0. The molecular weight excluding hydrogens is 319 g/mol. The van der Waals surface area contributed by atoms with E-state index in [0.717, 1.165) is 12.6 Å². The molecule has 0 saturated carbocycles. The molecule has 124 valence electrons. The first-order chi connectivity index (χ1) is 10.4. The van der Waals surface area contributed by atoms with Gasteiger partial charge in [0.05, 0.1) is 10.9 Å². The maximum absolute atomic E-state index is 12.3. The van der Waals surface area contributed by atoms with Crippen molar-refractivity contribution in [3.05, 3.63) is 34.2 Å². The third-order valence-corrected chi connectivity index (χ3v) is 3.71. The van der Waals surface area contributed by atoms with Gasteiger partial charge in [0.2, 0.25) is 5.43 Å². The van der Waals surface area contributed by atoms with Crippen molar-refractivity contribution >= 4 is 16.9 Å². The molecule has 0 unspecified atom stereocenters. The molecule has 0 aromatic carbocycles. The van der Waals surface area contributed by atoms with Gasteiger partial charge in [0.15, 0.2) is 0 Å². The number of carboxylic acids is 1. The molecule has 0 fully saturated rings. The van der Waals surface area contributed by atoms with Crippen molar-refractivity contribution in [1.29, 1.82) is 0 Å². The van der Waals surface area contributed by atoms with Gasteiger partial charge < -0.3 is 14.8 Å². The number of hydrogen-bond donors (Lipinski definition) is 1. The number of fused-ring (bicyclic) bond motifs is 1. The zero-order valence-corrected chi connectivity index (χ0v) is 17.0. The number of aromatic carboxylic acids is 1. The average molecular weight is 340 g/mol. The molecule has 2 rings (SSSR count). The largest absolute Gasteiger partial charge is 1.00 e. The standard InChI is InChI=1S/C17H22N2O4.Na/c1-16(2,3)9-17(4,5)19-8-11(15(22)23)14(21)10-7-18-13(20)6-12(10)19;/h6-8H,9H2,1-5H3,(H,18,20)(H,22,23);/q;+1/p-1. The van der Waals surface area contributed by atoms with Crippen LogP contribution in [0.25, 0.3) is 10.9 Å². The van der Waals surface area contributed by atoms with E-state index in [1.165, 1.54) is 12.3 Å². The first-order valence-corrected chi connectivity index (χ1v) is 7.39. The van der Waals surface area contributed by atoms with Gasteiger partial charge in [-0.2, -0.15) is 0 Å². The Morgan fingerprint density at radius 3 is 2.38 bits per heavy atom. The molecule has 2 heterocycles. The minimum Gasteiger partial charge on any atom is -0.859 e. The molecule has 0 spiro atoms. The van der Waals surface area contributed by atoms with E-state index < -0.39 is 22.8 Å². The van der Waals surface area contributed by atoms with E-state index >= 15 is 0 Å². The molecule has 24 heavy (non-hydrogen) atoms. The second kappa shape index (κ2) is 6.86. The summed E-state index contributed by atoms with van der Waals surface area (Å²) in [4.78, 5) is 27.3. The van der Waals surface area contributed by atoms with Gasteiger partial charge in [0.1, 0.15) is 5.56 Å². The van der Waals surface area contributed by atoms with Gasteiger partial charge in [-0.15, -0.1) is 0 Å². The smallest absolute Gasteiger partial charge is 0.859 e. The van der Waals surface area contributed by atoms with Gasteiger partial charge in [0.25, 0.3) is 0 Å². The van der Waals surface area contributed by atoms with Crippen molar-refractivity contribution in [3.8, 4) is 5.88 Å². The molecule has 2 aromatic heterocycles. The van der Waals surface area contributed by atoms with Crippen molar-refractivity contribution in [2.75, 3.05) is 0 Å². The molecule has 2 aromatic rings. The van der Waals surface area contributed by atoms with E-state index in [1.54, 1.807) is 4.57 Å². The normalized spacial score (nSPS) is 12.0. The summed E-state index contributed by atoms with van der Waals surface area (Å²) in [5.41, 5.74) is -1.03. The fraction of sp³-hybridized carbons (Fsp3) is 0.471. The summed E-state index contributed by atoms with van der Waals surface area (Å²) < 4.78 is 1.71. The van der Waals surface area contributed by atoms with Gasteiger partial charge >= 0.3 is 35.5 Å². The Morgan fingerprint density at radius 2 is 1.88 bits per heavy atom. The second-order valence-electron chi connectivity index (χ2n) is 7.64. The van der Waals surface area contributed by atoms with Crippen molar-refractivity contribution in [1.82, 2.24) is 9.55 Å². The first-order valence-electron chi connectivity index (χ1n) is 7.39. The van der Waals surface area contributed by atoms with Gasteiger partial charge in [-0.05, 0) is 37.6 Å². The van der Waals surface area contributed by atoms with Crippen molar-refractivity contribution in [2.24, 2.45) is 5.41 Å². The molecule has 0 radical (unpaired) electrons. The number of carboxylic acid groups (broad SMARTS) is 1. The van der Waals surface area contributed by atoms with Crippen LogP contribution >= 0.6 is 0 Å².